The van der Waals surface area contributed by atoms with Crippen molar-refractivity contribution >= 4 is 29.0 Å². The van der Waals surface area contributed by atoms with E-state index in [2.05, 4.69) is 12.2 Å². The number of hydrogen-bond donors (Lipinski definition) is 2. The van der Waals surface area contributed by atoms with E-state index in [-0.39, 0.29) is 5.91 Å². The van der Waals surface area contributed by atoms with Crippen LogP contribution in [0, 0.1) is 0 Å². The summed E-state index contributed by atoms with van der Waals surface area (Å²) in [7, 11) is 0. The Balaban J connectivity index is 1.61. The number of rotatable bonds is 6. The standard InChI is InChI=1S/C15H22N2O2S/c1-11-14(8-9-19-11)20-10-2-3-15(18)17-13-6-4-12(16)5-7-13/h4-7,11,14H,2-3,8-10,16H2,1H3,(H,17,18). The van der Waals surface area contributed by atoms with Crippen LogP contribution in [0.3, 0.4) is 0 Å². The van der Waals surface area contributed by atoms with E-state index < -0.39 is 0 Å². The van der Waals surface area contributed by atoms with Gasteiger partial charge in [0.25, 0.3) is 0 Å². The molecule has 20 heavy (non-hydrogen) atoms. The molecule has 4 nitrogen and oxygen atoms in total. The molecule has 2 rings (SSSR count). The second kappa shape index (κ2) is 7.55. The van der Waals surface area contributed by atoms with Crippen molar-refractivity contribution < 1.29 is 9.53 Å². The molecule has 1 aromatic carbocycles. The summed E-state index contributed by atoms with van der Waals surface area (Å²) in [5.41, 5.74) is 7.10. The number of carbonyl (C=O) groups is 1. The number of nitrogens with two attached hydrogens (primary N) is 1. The summed E-state index contributed by atoms with van der Waals surface area (Å²) in [5, 5.41) is 3.47. The van der Waals surface area contributed by atoms with Crippen molar-refractivity contribution in [3.63, 3.8) is 0 Å². The molecule has 0 aromatic heterocycles. The first kappa shape index (κ1) is 15.2. The fraction of sp³-hybridized carbons (Fsp3) is 0.533. The fourth-order valence-corrected chi connectivity index (χ4v) is 3.41. The van der Waals surface area contributed by atoms with Gasteiger partial charge in [-0.15, -0.1) is 0 Å². The minimum Gasteiger partial charge on any atom is -0.399 e. The lowest BCUT2D eigenvalue weighted by atomic mass is 10.2. The molecule has 1 aliphatic rings. The Morgan fingerprint density at radius 2 is 2.20 bits per heavy atom. The normalized spacial score (nSPS) is 21.9. The molecule has 0 bridgehead atoms. The van der Waals surface area contributed by atoms with Crippen molar-refractivity contribution in [1.82, 2.24) is 0 Å². The van der Waals surface area contributed by atoms with Gasteiger partial charge in [-0.1, -0.05) is 0 Å². The van der Waals surface area contributed by atoms with E-state index in [1.165, 1.54) is 0 Å². The Hall–Kier alpha value is -1.20. The van der Waals surface area contributed by atoms with Gasteiger partial charge in [-0.3, -0.25) is 4.79 Å². The van der Waals surface area contributed by atoms with Gasteiger partial charge in [-0.25, -0.2) is 0 Å². The van der Waals surface area contributed by atoms with Crippen LogP contribution < -0.4 is 11.1 Å². The van der Waals surface area contributed by atoms with E-state index in [4.69, 9.17) is 10.5 Å². The maximum Gasteiger partial charge on any atom is 0.224 e. The molecule has 0 saturated carbocycles. The predicted octanol–water partition coefficient (Wildman–Crippen LogP) is 2.90. The van der Waals surface area contributed by atoms with Crippen LogP contribution >= 0.6 is 11.8 Å². The van der Waals surface area contributed by atoms with Crippen molar-refractivity contribution in [1.29, 1.82) is 0 Å². The summed E-state index contributed by atoms with van der Waals surface area (Å²) in [6, 6.07) is 7.21. The van der Waals surface area contributed by atoms with Crippen LogP contribution in [-0.4, -0.2) is 29.6 Å². The number of nitrogens with one attached hydrogen (secondary N) is 1. The largest absolute Gasteiger partial charge is 0.399 e. The number of anilines is 2. The van der Waals surface area contributed by atoms with E-state index in [1.54, 1.807) is 12.1 Å². The molecule has 1 aliphatic heterocycles. The molecule has 1 saturated heterocycles. The van der Waals surface area contributed by atoms with Crippen LogP contribution in [0.15, 0.2) is 24.3 Å². The fourth-order valence-electron chi connectivity index (χ4n) is 2.19. The molecule has 2 atom stereocenters. The molecule has 0 radical (unpaired) electrons. The zero-order valence-electron chi connectivity index (χ0n) is 11.8. The Labute approximate surface area is 124 Å². The maximum atomic E-state index is 11.8. The lowest BCUT2D eigenvalue weighted by molar-refractivity contribution is -0.116. The van der Waals surface area contributed by atoms with Gasteiger partial charge in [0.05, 0.1) is 6.10 Å². The molecule has 110 valence electrons. The molecular formula is C15H22N2O2S. The van der Waals surface area contributed by atoms with Crippen molar-refractivity contribution in [2.45, 2.75) is 37.5 Å². The highest BCUT2D eigenvalue weighted by Gasteiger charge is 2.23. The maximum absolute atomic E-state index is 11.8. The third-order valence-electron chi connectivity index (χ3n) is 3.38. The Morgan fingerprint density at radius 1 is 1.45 bits per heavy atom. The van der Waals surface area contributed by atoms with Gasteiger partial charge < -0.3 is 15.8 Å². The highest BCUT2D eigenvalue weighted by Crippen LogP contribution is 2.26. The summed E-state index contributed by atoms with van der Waals surface area (Å²) in [6.07, 6.45) is 2.93. The Morgan fingerprint density at radius 3 is 2.85 bits per heavy atom. The van der Waals surface area contributed by atoms with Gasteiger partial charge in [-0.05, 0) is 49.8 Å². The smallest absolute Gasteiger partial charge is 0.224 e. The van der Waals surface area contributed by atoms with Gasteiger partial charge in [0.1, 0.15) is 0 Å². The van der Waals surface area contributed by atoms with Gasteiger partial charge in [-0.2, -0.15) is 11.8 Å². The van der Waals surface area contributed by atoms with Crippen LogP contribution in [0.2, 0.25) is 0 Å². The number of benzene rings is 1. The van der Waals surface area contributed by atoms with Gasteiger partial charge in [0, 0.05) is 29.7 Å². The van der Waals surface area contributed by atoms with Gasteiger partial charge in [0.2, 0.25) is 5.91 Å². The number of amides is 1. The number of carbonyl (C=O) groups excluding carboxylic acids is 1. The lowest BCUT2D eigenvalue weighted by Crippen LogP contribution is -2.15. The van der Waals surface area contributed by atoms with Crippen molar-refractivity contribution in [3.8, 4) is 0 Å². The number of hydrogen-bond acceptors (Lipinski definition) is 4. The summed E-state index contributed by atoms with van der Waals surface area (Å²) >= 11 is 1.92. The highest BCUT2D eigenvalue weighted by atomic mass is 32.2. The Kier molecular flexibility index (Phi) is 5.73. The van der Waals surface area contributed by atoms with E-state index >= 15 is 0 Å². The third-order valence-corrected chi connectivity index (χ3v) is 4.95. The molecule has 1 heterocycles. The summed E-state index contributed by atoms with van der Waals surface area (Å²) in [4.78, 5) is 11.8. The molecule has 2 unspecified atom stereocenters. The topological polar surface area (TPSA) is 64.3 Å². The van der Waals surface area contributed by atoms with Crippen molar-refractivity contribution in [3.05, 3.63) is 24.3 Å². The molecular weight excluding hydrogens is 272 g/mol. The first-order valence-electron chi connectivity index (χ1n) is 7.04. The summed E-state index contributed by atoms with van der Waals surface area (Å²) < 4.78 is 5.52. The van der Waals surface area contributed by atoms with E-state index in [1.807, 2.05) is 23.9 Å². The molecule has 0 aliphatic carbocycles. The molecule has 1 aromatic rings. The molecule has 5 heteroatoms. The predicted molar refractivity (Wildman–Crippen MR) is 85.0 cm³/mol. The van der Waals surface area contributed by atoms with E-state index in [9.17, 15) is 4.79 Å². The zero-order chi connectivity index (χ0) is 14.4. The van der Waals surface area contributed by atoms with Crippen molar-refractivity contribution in [2.24, 2.45) is 0 Å². The summed E-state index contributed by atoms with van der Waals surface area (Å²) in [6.45, 7) is 2.99. The van der Waals surface area contributed by atoms with Crippen LogP contribution in [0.4, 0.5) is 11.4 Å². The van der Waals surface area contributed by atoms with Crippen LogP contribution in [-0.2, 0) is 9.53 Å². The average Bonchev–Trinajstić information content (AvgIpc) is 2.83. The zero-order valence-corrected chi connectivity index (χ0v) is 12.6. The highest BCUT2D eigenvalue weighted by molar-refractivity contribution is 7.99. The first-order valence-corrected chi connectivity index (χ1v) is 8.08. The number of ether oxygens (including phenoxy) is 1. The molecule has 1 fully saturated rings. The molecule has 3 N–H and O–H groups in total. The first-order chi connectivity index (χ1) is 9.65. The van der Waals surface area contributed by atoms with Crippen LogP contribution in [0.25, 0.3) is 0 Å². The van der Waals surface area contributed by atoms with Gasteiger partial charge in [0.15, 0.2) is 0 Å². The second-order valence-electron chi connectivity index (χ2n) is 5.05. The Bertz CT molecular complexity index is 436. The monoisotopic (exact) mass is 294 g/mol. The number of nitrogen functional groups attached to an aromatic ring is 1. The minimum atomic E-state index is 0.0612. The minimum absolute atomic E-state index is 0.0612. The van der Waals surface area contributed by atoms with Gasteiger partial charge >= 0.3 is 0 Å². The quantitative estimate of drug-likeness (QED) is 0.625. The van der Waals surface area contributed by atoms with Crippen LogP contribution in [0.1, 0.15) is 26.2 Å². The molecule has 1 amide bonds. The average molecular weight is 294 g/mol. The van der Waals surface area contributed by atoms with Crippen molar-refractivity contribution in [2.75, 3.05) is 23.4 Å². The number of thioether (sulfide) groups is 1. The summed E-state index contributed by atoms with van der Waals surface area (Å²) in [5.74, 6) is 1.07. The molecule has 0 spiro atoms. The van der Waals surface area contributed by atoms with E-state index in [0.717, 1.165) is 30.9 Å². The van der Waals surface area contributed by atoms with Crippen LogP contribution in [0.5, 0.6) is 0 Å². The third kappa shape index (κ3) is 4.72. The SMILES string of the molecule is CC1OCCC1SCCCC(=O)Nc1ccc(N)cc1. The van der Waals surface area contributed by atoms with E-state index in [0.29, 0.717) is 23.5 Å². The lowest BCUT2D eigenvalue weighted by Gasteiger charge is -2.13. The second-order valence-corrected chi connectivity index (χ2v) is 6.39.